The number of fused-ring (bicyclic) bond motifs is 2. The molecule has 0 unspecified atom stereocenters. The molecule has 0 fully saturated rings. The Morgan fingerprint density at radius 1 is 1.09 bits per heavy atom. The van der Waals surface area contributed by atoms with Gasteiger partial charge in [0.2, 0.25) is 0 Å². The van der Waals surface area contributed by atoms with Gasteiger partial charge >= 0.3 is 0 Å². The van der Waals surface area contributed by atoms with Gasteiger partial charge in [0.05, 0.1) is 11.0 Å². The summed E-state index contributed by atoms with van der Waals surface area (Å²) in [6.45, 7) is 5.95. The van der Waals surface area contributed by atoms with Crippen LogP contribution in [0.15, 0.2) is 12.1 Å². The average Bonchev–Trinajstić information content (AvgIpc) is 2.74. The highest BCUT2D eigenvalue weighted by Crippen LogP contribution is 2.23. The van der Waals surface area contributed by atoms with Crippen LogP contribution in [0.25, 0.3) is 22.2 Å². The topological polar surface area (TPSA) is 72.9 Å². The van der Waals surface area contributed by atoms with Gasteiger partial charge in [0.1, 0.15) is 0 Å². The Morgan fingerprint density at radius 3 is 2.36 bits per heavy atom. The van der Waals surface area contributed by atoms with E-state index in [4.69, 9.17) is 10.7 Å². The summed E-state index contributed by atoms with van der Waals surface area (Å²) in [6.07, 6.45) is 0.996. The molecule has 3 rings (SSSR count). The SMILES string of the molecule is Cc1cc2nc3c(N)nn(CCCN(C)C)c3nc2cc1C. The maximum absolute atomic E-state index is 6.02. The van der Waals surface area contributed by atoms with E-state index in [1.807, 2.05) is 4.68 Å². The number of nitrogens with two attached hydrogens (primary N) is 1. The van der Waals surface area contributed by atoms with Crippen molar-refractivity contribution in [2.45, 2.75) is 26.8 Å². The Hall–Kier alpha value is -2.21. The quantitative estimate of drug-likeness (QED) is 0.799. The van der Waals surface area contributed by atoms with E-state index in [0.29, 0.717) is 11.3 Å². The number of hydrogen-bond acceptors (Lipinski definition) is 5. The third-order valence-electron chi connectivity index (χ3n) is 3.95. The number of hydrogen-bond donors (Lipinski definition) is 1. The van der Waals surface area contributed by atoms with E-state index in [1.54, 1.807) is 0 Å². The molecule has 2 aromatic heterocycles. The smallest absolute Gasteiger partial charge is 0.179 e. The van der Waals surface area contributed by atoms with Crippen molar-refractivity contribution in [3.8, 4) is 0 Å². The average molecular weight is 298 g/mol. The molecule has 0 atom stereocenters. The molecule has 116 valence electrons. The third-order valence-corrected chi connectivity index (χ3v) is 3.95. The summed E-state index contributed by atoms with van der Waals surface area (Å²) < 4.78 is 1.87. The molecule has 1 aromatic carbocycles. The lowest BCUT2D eigenvalue weighted by atomic mass is 10.1. The van der Waals surface area contributed by atoms with Crippen molar-refractivity contribution in [1.82, 2.24) is 24.6 Å². The van der Waals surface area contributed by atoms with E-state index < -0.39 is 0 Å². The first-order valence-electron chi connectivity index (χ1n) is 7.51. The summed E-state index contributed by atoms with van der Waals surface area (Å²) in [7, 11) is 4.13. The van der Waals surface area contributed by atoms with Crippen LogP contribution >= 0.6 is 0 Å². The number of nitrogen functional groups attached to an aromatic ring is 1. The van der Waals surface area contributed by atoms with Gasteiger partial charge in [-0.15, -0.1) is 0 Å². The molecule has 0 aliphatic rings. The van der Waals surface area contributed by atoms with Gasteiger partial charge in [-0.2, -0.15) is 5.10 Å². The zero-order chi connectivity index (χ0) is 15.9. The van der Waals surface area contributed by atoms with Crippen LogP contribution in [-0.2, 0) is 6.54 Å². The minimum atomic E-state index is 0.451. The van der Waals surface area contributed by atoms with Crippen LogP contribution in [0, 0.1) is 13.8 Å². The van der Waals surface area contributed by atoms with E-state index in [-0.39, 0.29) is 0 Å². The van der Waals surface area contributed by atoms with Crippen LogP contribution in [0.5, 0.6) is 0 Å². The molecule has 0 aliphatic heterocycles. The third kappa shape index (κ3) is 2.62. The van der Waals surface area contributed by atoms with Crippen molar-refractivity contribution < 1.29 is 0 Å². The van der Waals surface area contributed by atoms with Crippen molar-refractivity contribution in [2.75, 3.05) is 26.4 Å². The molecule has 22 heavy (non-hydrogen) atoms. The molecule has 6 heteroatoms. The number of nitrogens with zero attached hydrogens (tertiary/aromatic N) is 5. The number of benzene rings is 1. The minimum absolute atomic E-state index is 0.451. The first kappa shape index (κ1) is 14.7. The molecule has 0 bridgehead atoms. The zero-order valence-electron chi connectivity index (χ0n) is 13.6. The lowest BCUT2D eigenvalue weighted by Gasteiger charge is -2.09. The number of aryl methyl sites for hydroxylation is 3. The molecule has 0 spiro atoms. The molecular weight excluding hydrogens is 276 g/mol. The van der Waals surface area contributed by atoms with Crippen LogP contribution < -0.4 is 5.73 Å². The first-order chi connectivity index (χ1) is 10.5. The van der Waals surface area contributed by atoms with Crippen LogP contribution in [0.1, 0.15) is 17.5 Å². The summed E-state index contributed by atoms with van der Waals surface area (Å²) >= 11 is 0. The first-order valence-corrected chi connectivity index (χ1v) is 7.51. The Morgan fingerprint density at radius 2 is 1.73 bits per heavy atom. The van der Waals surface area contributed by atoms with Crippen LogP contribution in [0.3, 0.4) is 0 Å². The number of anilines is 1. The fraction of sp³-hybridized carbons (Fsp3) is 0.438. The van der Waals surface area contributed by atoms with Crippen LogP contribution in [0.4, 0.5) is 5.82 Å². The lowest BCUT2D eigenvalue weighted by molar-refractivity contribution is 0.382. The fourth-order valence-corrected chi connectivity index (χ4v) is 2.57. The molecule has 0 amide bonds. The van der Waals surface area contributed by atoms with Crippen molar-refractivity contribution in [3.05, 3.63) is 23.3 Å². The van der Waals surface area contributed by atoms with E-state index >= 15 is 0 Å². The van der Waals surface area contributed by atoms with Crippen molar-refractivity contribution in [2.24, 2.45) is 0 Å². The fourth-order valence-electron chi connectivity index (χ4n) is 2.57. The highest BCUT2D eigenvalue weighted by molar-refractivity contribution is 5.90. The van der Waals surface area contributed by atoms with Crippen molar-refractivity contribution >= 4 is 28.0 Å². The van der Waals surface area contributed by atoms with Gasteiger partial charge in [-0.25, -0.2) is 14.6 Å². The normalized spacial score (nSPS) is 11.9. The molecule has 0 saturated heterocycles. The van der Waals surface area contributed by atoms with Crippen LogP contribution in [-0.4, -0.2) is 45.3 Å². The summed E-state index contributed by atoms with van der Waals surface area (Å²) in [4.78, 5) is 11.6. The Kier molecular flexibility index (Phi) is 3.70. The maximum atomic E-state index is 6.02. The Labute approximate surface area is 129 Å². The van der Waals surface area contributed by atoms with E-state index in [2.05, 4.69) is 55.1 Å². The predicted octanol–water partition coefficient (Wildman–Crippen LogP) is 2.13. The molecule has 0 saturated carbocycles. The maximum Gasteiger partial charge on any atom is 0.179 e. The highest BCUT2D eigenvalue weighted by atomic mass is 15.3. The lowest BCUT2D eigenvalue weighted by Crippen LogP contribution is -2.15. The second-order valence-corrected chi connectivity index (χ2v) is 6.09. The zero-order valence-corrected chi connectivity index (χ0v) is 13.6. The number of rotatable bonds is 4. The molecule has 2 heterocycles. The molecule has 0 radical (unpaired) electrons. The Balaban J connectivity index is 2.07. The van der Waals surface area contributed by atoms with Gasteiger partial charge in [0.15, 0.2) is 17.0 Å². The molecule has 3 aromatic rings. The second kappa shape index (κ2) is 5.53. The molecular formula is C16H22N6. The predicted molar refractivity (Wildman–Crippen MR) is 89.9 cm³/mol. The van der Waals surface area contributed by atoms with E-state index in [0.717, 1.165) is 36.2 Å². The summed E-state index contributed by atoms with van der Waals surface area (Å²) in [5.41, 5.74) is 11.7. The largest absolute Gasteiger partial charge is 0.380 e. The standard InChI is InChI=1S/C16H22N6/c1-10-8-12-13(9-11(10)2)19-16-14(18-12)15(17)20-22(16)7-5-6-21(3)4/h8-9H,5-7H2,1-4H3,(H2,17,20). The van der Waals surface area contributed by atoms with Gasteiger partial charge in [-0.1, -0.05) is 0 Å². The van der Waals surface area contributed by atoms with Gasteiger partial charge in [0.25, 0.3) is 0 Å². The minimum Gasteiger partial charge on any atom is -0.380 e. The highest BCUT2D eigenvalue weighted by Gasteiger charge is 2.13. The van der Waals surface area contributed by atoms with E-state index in [9.17, 15) is 0 Å². The van der Waals surface area contributed by atoms with Crippen molar-refractivity contribution in [1.29, 1.82) is 0 Å². The summed E-state index contributed by atoms with van der Waals surface area (Å²) in [5.74, 6) is 0.451. The van der Waals surface area contributed by atoms with Gasteiger partial charge in [-0.3, -0.25) is 0 Å². The molecule has 0 aliphatic carbocycles. The molecule has 6 nitrogen and oxygen atoms in total. The Bertz CT molecular complexity index is 834. The van der Waals surface area contributed by atoms with Crippen LogP contribution in [0.2, 0.25) is 0 Å². The van der Waals surface area contributed by atoms with Gasteiger partial charge < -0.3 is 10.6 Å². The summed E-state index contributed by atoms with van der Waals surface area (Å²) in [5, 5.41) is 4.41. The second-order valence-electron chi connectivity index (χ2n) is 6.09. The summed E-state index contributed by atoms with van der Waals surface area (Å²) in [6, 6.07) is 4.13. The van der Waals surface area contributed by atoms with Crippen molar-refractivity contribution in [3.63, 3.8) is 0 Å². The number of aromatic nitrogens is 4. The van der Waals surface area contributed by atoms with Gasteiger partial charge in [-0.05, 0) is 64.2 Å². The van der Waals surface area contributed by atoms with Gasteiger partial charge in [0, 0.05) is 6.54 Å². The molecule has 2 N–H and O–H groups in total. The van der Waals surface area contributed by atoms with E-state index in [1.165, 1.54) is 11.1 Å². The monoisotopic (exact) mass is 298 g/mol.